The maximum atomic E-state index is 13.4. The van der Waals surface area contributed by atoms with Crippen LogP contribution in [0, 0.1) is 11.7 Å². The molecule has 4 heteroatoms. The van der Waals surface area contributed by atoms with Crippen molar-refractivity contribution in [3.63, 3.8) is 0 Å². The number of hydrogen-bond donors (Lipinski definition) is 1. The average Bonchev–Trinajstić information content (AvgIpc) is 2.34. The van der Waals surface area contributed by atoms with Gasteiger partial charge in [-0.3, -0.25) is 0 Å². The molecule has 1 aromatic rings. The maximum Gasteiger partial charge on any atom is 0.141 e. The highest BCUT2D eigenvalue weighted by Crippen LogP contribution is 2.22. The molecule has 3 nitrogen and oxygen atoms in total. The zero-order valence-corrected chi connectivity index (χ0v) is 13.6. The maximum absolute atomic E-state index is 13.4. The van der Waals surface area contributed by atoms with E-state index in [1.807, 2.05) is 7.05 Å². The fourth-order valence-corrected chi connectivity index (χ4v) is 2.28. The Kier molecular flexibility index (Phi) is 6.40. The van der Waals surface area contributed by atoms with Gasteiger partial charge in [-0.2, -0.15) is 0 Å². The summed E-state index contributed by atoms with van der Waals surface area (Å²) in [5, 5.41) is 3.33. The Morgan fingerprint density at radius 1 is 1.25 bits per heavy atom. The van der Waals surface area contributed by atoms with Crippen molar-refractivity contribution in [3.8, 4) is 0 Å². The molecule has 0 fully saturated rings. The predicted octanol–water partition coefficient (Wildman–Crippen LogP) is 3.59. The van der Waals surface area contributed by atoms with Crippen LogP contribution >= 0.6 is 0 Å². The second kappa shape index (κ2) is 7.58. The van der Waals surface area contributed by atoms with Gasteiger partial charge in [0.2, 0.25) is 0 Å². The summed E-state index contributed by atoms with van der Waals surface area (Å²) in [6.45, 7) is 11.4. The van der Waals surface area contributed by atoms with Crippen LogP contribution in [0.15, 0.2) is 12.3 Å². The minimum Gasteiger partial charge on any atom is -0.357 e. The predicted molar refractivity (Wildman–Crippen MR) is 83.5 cm³/mol. The number of aromatic nitrogens is 1. The van der Waals surface area contributed by atoms with E-state index >= 15 is 0 Å². The Hall–Kier alpha value is -1.16. The number of halogens is 1. The summed E-state index contributed by atoms with van der Waals surface area (Å²) in [6.07, 6.45) is 2.39. The van der Waals surface area contributed by atoms with E-state index in [-0.39, 0.29) is 5.82 Å². The standard InChI is InChI=1S/C16H28FN3/c1-11(2)7-13(5)20(6)16-14(9-18-12(3)4)8-15(17)10-19-16/h8,10-13,18H,7,9H2,1-6H3. The normalized spacial score (nSPS) is 13.1. The minimum atomic E-state index is -0.279. The lowest BCUT2D eigenvalue weighted by molar-refractivity contribution is 0.499. The fraction of sp³-hybridized carbons (Fsp3) is 0.688. The van der Waals surface area contributed by atoms with Crippen molar-refractivity contribution in [1.82, 2.24) is 10.3 Å². The molecule has 1 N–H and O–H groups in total. The molecule has 0 radical (unpaired) electrons. The van der Waals surface area contributed by atoms with Crippen LogP contribution in [0.3, 0.4) is 0 Å². The van der Waals surface area contributed by atoms with Crippen LogP contribution in [0.5, 0.6) is 0 Å². The van der Waals surface area contributed by atoms with Crippen molar-refractivity contribution in [2.45, 2.75) is 59.7 Å². The first-order valence-electron chi connectivity index (χ1n) is 7.41. The van der Waals surface area contributed by atoms with Gasteiger partial charge in [0.25, 0.3) is 0 Å². The molecule has 0 amide bonds. The second-order valence-corrected chi connectivity index (χ2v) is 6.26. The Morgan fingerprint density at radius 2 is 1.90 bits per heavy atom. The molecule has 0 bridgehead atoms. The van der Waals surface area contributed by atoms with Crippen molar-refractivity contribution in [1.29, 1.82) is 0 Å². The van der Waals surface area contributed by atoms with Crippen LogP contribution in [0.4, 0.5) is 10.2 Å². The van der Waals surface area contributed by atoms with Gasteiger partial charge in [-0.15, -0.1) is 0 Å². The van der Waals surface area contributed by atoms with E-state index in [2.05, 4.69) is 49.8 Å². The van der Waals surface area contributed by atoms with Crippen LogP contribution in [-0.2, 0) is 6.54 Å². The summed E-state index contributed by atoms with van der Waals surface area (Å²) < 4.78 is 13.4. The Labute approximate surface area is 122 Å². The summed E-state index contributed by atoms with van der Waals surface area (Å²) in [6, 6.07) is 2.33. The molecular weight excluding hydrogens is 253 g/mol. The number of rotatable bonds is 7. The van der Waals surface area contributed by atoms with Crippen LogP contribution in [0.2, 0.25) is 0 Å². The van der Waals surface area contributed by atoms with Gasteiger partial charge in [-0.1, -0.05) is 27.7 Å². The van der Waals surface area contributed by atoms with E-state index in [1.165, 1.54) is 6.20 Å². The Balaban J connectivity index is 2.91. The molecule has 1 aromatic heterocycles. The molecular formula is C16H28FN3. The van der Waals surface area contributed by atoms with Crippen LogP contribution in [-0.4, -0.2) is 24.1 Å². The summed E-state index contributed by atoms with van der Waals surface area (Å²) >= 11 is 0. The number of nitrogens with zero attached hydrogens (tertiary/aromatic N) is 2. The Morgan fingerprint density at radius 3 is 2.45 bits per heavy atom. The van der Waals surface area contributed by atoms with Crippen molar-refractivity contribution in [2.24, 2.45) is 5.92 Å². The highest BCUT2D eigenvalue weighted by Gasteiger charge is 2.16. The number of pyridine rings is 1. The van der Waals surface area contributed by atoms with E-state index in [9.17, 15) is 4.39 Å². The van der Waals surface area contributed by atoms with Gasteiger partial charge in [0.05, 0.1) is 6.20 Å². The molecule has 114 valence electrons. The lowest BCUT2D eigenvalue weighted by atomic mass is 10.0. The molecule has 1 heterocycles. The molecule has 1 unspecified atom stereocenters. The van der Waals surface area contributed by atoms with Crippen molar-refractivity contribution in [2.75, 3.05) is 11.9 Å². The van der Waals surface area contributed by atoms with E-state index in [0.29, 0.717) is 24.5 Å². The molecule has 0 spiro atoms. The van der Waals surface area contributed by atoms with Gasteiger partial charge in [-0.25, -0.2) is 9.37 Å². The lowest BCUT2D eigenvalue weighted by Gasteiger charge is -2.29. The monoisotopic (exact) mass is 281 g/mol. The molecule has 0 aromatic carbocycles. The van der Waals surface area contributed by atoms with Crippen molar-refractivity contribution in [3.05, 3.63) is 23.6 Å². The lowest BCUT2D eigenvalue weighted by Crippen LogP contribution is -2.32. The largest absolute Gasteiger partial charge is 0.357 e. The minimum absolute atomic E-state index is 0.279. The number of anilines is 1. The smallest absolute Gasteiger partial charge is 0.141 e. The summed E-state index contributed by atoms with van der Waals surface area (Å²) in [5.41, 5.74) is 0.914. The first kappa shape index (κ1) is 16.9. The highest BCUT2D eigenvalue weighted by atomic mass is 19.1. The van der Waals surface area contributed by atoms with Crippen molar-refractivity contribution >= 4 is 5.82 Å². The molecule has 0 aliphatic heterocycles. The Bertz CT molecular complexity index is 418. The SMILES string of the molecule is CC(C)CC(C)N(C)c1ncc(F)cc1CNC(C)C. The van der Waals surface area contributed by atoms with E-state index in [4.69, 9.17) is 0 Å². The van der Waals surface area contributed by atoms with Gasteiger partial charge in [-0.05, 0) is 25.3 Å². The summed E-state index contributed by atoms with van der Waals surface area (Å²) in [5.74, 6) is 1.22. The molecule has 1 atom stereocenters. The van der Waals surface area contributed by atoms with Gasteiger partial charge in [0.1, 0.15) is 11.6 Å². The topological polar surface area (TPSA) is 28.2 Å². The molecule has 1 rings (SSSR count). The number of nitrogens with one attached hydrogen (secondary N) is 1. The van der Waals surface area contributed by atoms with Gasteiger partial charge in [0.15, 0.2) is 0 Å². The first-order chi connectivity index (χ1) is 9.31. The molecule has 0 aliphatic carbocycles. The van der Waals surface area contributed by atoms with Crippen LogP contribution in [0.1, 0.15) is 46.6 Å². The third-order valence-electron chi connectivity index (χ3n) is 3.42. The van der Waals surface area contributed by atoms with E-state index < -0.39 is 0 Å². The van der Waals surface area contributed by atoms with Gasteiger partial charge in [0, 0.05) is 31.2 Å². The third kappa shape index (κ3) is 5.08. The van der Waals surface area contributed by atoms with Gasteiger partial charge >= 0.3 is 0 Å². The molecule has 0 aliphatic rings. The highest BCUT2D eigenvalue weighted by molar-refractivity contribution is 5.47. The van der Waals surface area contributed by atoms with E-state index in [0.717, 1.165) is 17.8 Å². The van der Waals surface area contributed by atoms with Crippen molar-refractivity contribution < 1.29 is 4.39 Å². The van der Waals surface area contributed by atoms with Crippen LogP contribution < -0.4 is 10.2 Å². The summed E-state index contributed by atoms with van der Waals surface area (Å²) in [4.78, 5) is 6.44. The quantitative estimate of drug-likeness (QED) is 0.828. The fourth-order valence-electron chi connectivity index (χ4n) is 2.28. The molecule has 0 saturated heterocycles. The first-order valence-corrected chi connectivity index (χ1v) is 7.41. The second-order valence-electron chi connectivity index (χ2n) is 6.26. The average molecular weight is 281 g/mol. The summed E-state index contributed by atoms with van der Waals surface area (Å²) in [7, 11) is 2.03. The van der Waals surface area contributed by atoms with Gasteiger partial charge < -0.3 is 10.2 Å². The zero-order valence-electron chi connectivity index (χ0n) is 13.6. The molecule has 0 saturated carbocycles. The van der Waals surface area contributed by atoms with E-state index in [1.54, 1.807) is 6.07 Å². The number of hydrogen-bond acceptors (Lipinski definition) is 3. The zero-order chi connectivity index (χ0) is 15.3. The van der Waals surface area contributed by atoms with Crippen LogP contribution in [0.25, 0.3) is 0 Å². The molecule has 20 heavy (non-hydrogen) atoms. The third-order valence-corrected chi connectivity index (χ3v) is 3.42.